The van der Waals surface area contributed by atoms with Crippen molar-refractivity contribution in [1.82, 2.24) is 9.80 Å². The van der Waals surface area contributed by atoms with Gasteiger partial charge in [0.15, 0.2) is 0 Å². The summed E-state index contributed by atoms with van der Waals surface area (Å²) in [5.74, 6) is 0.0446. The molecule has 0 radical (unpaired) electrons. The van der Waals surface area contributed by atoms with Crippen molar-refractivity contribution in [3.63, 3.8) is 0 Å². The van der Waals surface area contributed by atoms with Crippen molar-refractivity contribution in [1.29, 1.82) is 0 Å². The zero-order valence-corrected chi connectivity index (χ0v) is 18.3. The average Bonchev–Trinajstić information content (AvgIpc) is 3.29. The molecule has 2 fully saturated rings. The van der Waals surface area contributed by atoms with E-state index in [1.54, 1.807) is 0 Å². The second kappa shape index (κ2) is 9.62. The topological polar surface area (TPSA) is 61.9 Å². The summed E-state index contributed by atoms with van der Waals surface area (Å²) in [5, 5.41) is 3.12. The lowest BCUT2D eigenvalue weighted by Crippen LogP contribution is -2.53. The number of carbonyl (C=O) groups excluding carboxylic acids is 2. The number of piperazine rings is 1. The number of hydrogen-bond donors (Lipinski definition) is 1. The lowest BCUT2D eigenvalue weighted by molar-refractivity contribution is -0.143. The Labute approximate surface area is 184 Å². The van der Waals surface area contributed by atoms with Crippen molar-refractivity contribution in [2.45, 2.75) is 38.8 Å². The lowest BCUT2D eigenvalue weighted by atomic mass is 10.0. The molecular formula is C25H31N3O3. The van der Waals surface area contributed by atoms with Crippen LogP contribution in [0.15, 0.2) is 48.5 Å². The van der Waals surface area contributed by atoms with Crippen molar-refractivity contribution < 1.29 is 14.3 Å². The van der Waals surface area contributed by atoms with Crippen LogP contribution >= 0.6 is 0 Å². The summed E-state index contributed by atoms with van der Waals surface area (Å²) in [6.45, 7) is 7.25. The molecule has 2 atom stereocenters. The van der Waals surface area contributed by atoms with Crippen LogP contribution in [-0.4, -0.2) is 60.5 Å². The first-order valence-electron chi connectivity index (χ1n) is 11.1. The van der Waals surface area contributed by atoms with E-state index in [1.807, 2.05) is 61.2 Å². The normalized spacial score (nSPS) is 20.5. The molecule has 2 saturated heterocycles. The molecule has 6 nitrogen and oxygen atoms in total. The van der Waals surface area contributed by atoms with E-state index in [0.29, 0.717) is 32.8 Å². The maximum atomic E-state index is 13.4. The van der Waals surface area contributed by atoms with E-state index in [4.69, 9.17) is 4.74 Å². The molecule has 0 aromatic heterocycles. The Balaban J connectivity index is 1.48. The Bertz CT molecular complexity index is 897. The predicted octanol–water partition coefficient (Wildman–Crippen LogP) is 3.31. The van der Waals surface area contributed by atoms with Gasteiger partial charge in [0.2, 0.25) is 5.91 Å². The smallest absolute Gasteiger partial charge is 0.251 e. The molecule has 2 heterocycles. The Hall–Kier alpha value is -2.70. The minimum atomic E-state index is -0.401. The van der Waals surface area contributed by atoms with Crippen LogP contribution in [0, 0.1) is 13.8 Å². The van der Waals surface area contributed by atoms with E-state index in [-0.39, 0.29) is 17.9 Å². The Morgan fingerprint density at radius 2 is 1.68 bits per heavy atom. The molecule has 2 aromatic rings. The van der Waals surface area contributed by atoms with Crippen molar-refractivity contribution in [3.8, 4) is 0 Å². The highest BCUT2D eigenvalue weighted by Gasteiger charge is 2.34. The number of ether oxygens (including phenoxy) is 1. The first-order chi connectivity index (χ1) is 15.0. The van der Waals surface area contributed by atoms with E-state index >= 15 is 0 Å². The summed E-state index contributed by atoms with van der Waals surface area (Å²) >= 11 is 0. The van der Waals surface area contributed by atoms with Gasteiger partial charge in [-0.3, -0.25) is 14.5 Å². The van der Waals surface area contributed by atoms with Gasteiger partial charge in [0, 0.05) is 38.5 Å². The summed E-state index contributed by atoms with van der Waals surface area (Å²) in [6.07, 6.45) is 1.47. The number of anilines is 1. The minimum Gasteiger partial charge on any atom is -0.368 e. The van der Waals surface area contributed by atoms with Crippen LogP contribution in [0.25, 0.3) is 0 Å². The molecular weight excluding hydrogens is 390 g/mol. The Kier molecular flexibility index (Phi) is 6.68. The highest BCUT2D eigenvalue weighted by Crippen LogP contribution is 2.26. The number of carbonyl (C=O) groups is 2. The third-order valence-corrected chi connectivity index (χ3v) is 6.05. The largest absolute Gasteiger partial charge is 0.368 e. The number of aryl methyl sites for hydroxylation is 2. The average molecular weight is 422 g/mol. The van der Waals surface area contributed by atoms with Gasteiger partial charge in [-0.1, -0.05) is 36.4 Å². The van der Waals surface area contributed by atoms with Crippen LogP contribution in [0.1, 0.15) is 35.6 Å². The van der Waals surface area contributed by atoms with E-state index in [2.05, 4.69) is 16.3 Å². The van der Waals surface area contributed by atoms with Crippen molar-refractivity contribution in [3.05, 3.63) is 65.2 Å². The summed E-state index contributed by atoms with van der Waals surface area (Å²) in [4.78, 5) is 30.2. The van der Waals surface area contributed by atoms with Crippen molar-refractivity contribution in [2.75, 3.05) is 38.1 Å². The second-order valence-electron chi connectivity index (χ2n) is 8.54. The van der Waals surface area contributed by atoms with E-state index in [1.165, 1.54) is 0 Å². The molecule has 2 unspecified atom stereocenters. The van der Waals surface area contributed by atoms with Crippen LogP contribution in [0.4, 0.5) is 5.69 Å². The minimum absolute atomic E-state index is 0.0462. The number of nitrogens with one attached hydrogen (secondary N) is 1. The molecule has 164 valence electrons. The fourth-order valence-corrected chi connectivity index (χ4v) is 4.60. The van der Waals surface area contributed by atoms with Gasteiger partial charge >= 0.3 is 0 Å². The maximum Gasteiger partial charge on any atom is 0.251 e. The Morgan fingerprint density at radius 1 is 1.00 bits per heavy atom. The van der Waals surface area contributed by atoms with Gasteiger partial charge in [-0.05, 0) is 55.5 Å². The first kappa shape index (κ1) is 21.5. The summed E-state index contributed by atoms with van der Waals surface area (Å²) in [6, 6.07) is 15.5. The third kappa shape index (κ3) is 5.14. The van der Waals surface area contributed by atoms with Gasteiger partial charge in [-0.25, -0.2) is 0 Å². The molecule has 31 heavy (non-hydrogen) atoms. The fourth-order valence-electron chi connectivity index (χ4n) is 4.60. The number of amides is 2. The molecule has 4 rings (SSSR count). The lowest BCUT2D eigenvalue weighted by Gasteiger charge is -2.39. The summed E-state index contributed by atoms with van der Waals surface area (Å²) < 4.78 is 5.57. The highest BCUT2D eigenvalue weighted by molar-refractivity contribution is 5.95. The third-order valence-electron chi connectivity index (χ3n) is 6.05. The van der Waals surface area contributed by atoms with Gasteiger partial charge in [-0.15, -0.1) is 0 Å². The maximum absolute atomic E-state index is 13.4. The van der Waals surface area contributed by atoms with Gasteiger partial charge in [-0.2, -0.15) is 0 Å². The summed E-state index contributed by atoms with van der Waals surface area (Å²) in [5.41, 5.74) is 4.01. The SMILES string of the molecule is Cc1cc(C)cc(NC(=O)C(c2ccccc2)N2CCN(C(=O)C3CCCO3)CC2)c1. The zero-order chi connectivity index (χ0) is 21.8. The molecule has 0 spiro atoms. The Morgan fingerprint density at radius 3 is 2.29 bits per heavy atom. The standard InChI is InChI=1S/C25H31N3O3/c1-18-15-19(2)17-21(16-18)26-24(29)23(20-7-4-3-5-8-20)27-10-12-28(13-11-27)25(30)22-9-6-14-31-22/h3-5,7-8,15-17,22-23H,6,9-14H2,1-2H3,(H,26,29). The van der Waals surface area contributed by atoms with E-state index < -0.39 is 6.04 Å². The van der Waals surface area contributed by atoms with Crippen LogP contribution in [0.2, 0.25) is 0 Å². The molecule has 2 aliphatic rings. The monoisotopic (exact) mass is 421 g/mol. The molecule has 2 amide bonds. The van der Waals surface area contributed by atoms with Crippen LogP contribution in [0.5, 0.6) is 0 Å². The predicted molar refractivity (Wildman–Crippen MR) is 121 cm³/mol. The summed E-state index contributed by atoms with van der Waals surface area (Å²) in [7, 11) is 0. The molecule has 2 aliphatic heterocycles. The number of hydrogen-bond acceptors (Lipinski definition) is 4. The number of benzene rings is 2. The molecule has 2 aromatic carbocycles. The van der Waals surface area contributed by atoms with E-state index in [0.717, 1.165) is 35.2 Å². The van der Waals surface area contributed by atoms with Crippen molar-refractivity contribution >= 4 is 17.5 Å². The van der Waals surface area contributed by atoms with Crippen LogP contribution in [0.3, 0.4) is 0 Å². The number of rotatable bonds is 5. The quantitative estimate of drug-likeness (QED) is 0.805. The van der Waals surface area contributed by atoms with Crippen LogP contribution < -0.4 is 5.32 Å². The highest BCUT2D eigenvalue weighted by atomic mass is 16.5. The molecule has 6 heteroatoms. The zero-order valence-electron chi connectivity index (χ0n) is 18.3. The van der Waals surface area contributed by atoms with Gasteiger partial charge in [0.05, 0.1) is 0 Å². The second-order valence-corrected chi connectivity index (χ2v) is 8.54. The fraction of sp³-hybridized carbons (Fsp3) is 0.440. The van der Waals surface area contributed by atoms with E-state index in [9.17, 15) is 9.59 Å². The van der Waals surface area contributed by atoms with Gasteiger partial charge < -0.3 is 15.0 Å². The van der Waals surface area contributed by atoms with Gasteiger partial charge in [0.1, 0.15) is 12.1 Å². The van der Waals surface area contributed by atoms with Gasteiger partial charge in [0.25, 0.3) is 5.91 Å². The first-order valence-corrected chi connectivity index (χ1v) is 11.1. The van der Waals surface area contributed by atoms with Crippen molar-refractivity contribution in [2.24, 2.45) is 0 Å². The van der Waals surface area contributed by atoms with Crippen LogP contribution in [-0.2, 0) is 14.3 Å². The molecule has 1 N–H and O–H groups in total. The number of nitrogens with zero attached hydrogens (tertiary/aromatic N) is 2. The molecule has 0 saturated carbocycles. The molecule has 0 bridgehead atoms. The molecule has 0 aliphatic carbocycles.